The highest BCUT2D eigenvalue weighted by Crippen LogP contribution is 2.31. The molecule has 2 aromatic heterocycles. The zero-order valence-electron chi connectivity index (χ0n) is 16.4. The lowest BCUT2D eigenvalue weighted by Crippen LogP contribution is -2.52. The summed E-state index contributed by atoms with van der Waals surface area (Å²) in [7, 11) is 1.73. The number of aromatic carboxylic acids is 1. The van der Waals surface area contributed by atoms with Crippen LogP contribution >= 0.6 is 0 Å². The van der Waals surface area contributed by atoms with Crippen molar-refractivity contribution in [2.24, 2.45) is 7.05 Å². The first-order chi connectivity index (χ1) is 13.9. The van der Waals surface area contributed by atoms with Gasteiger partial charge in [0.1, 0.15) is 11.4 Å². The van der Waals surface area contributed by atoms with Crippen LogP contribution in [-0.4, -0.2) is 46.3 Å². The standard InChI is InChI=1S/C21H23N5O3/c1-13-11-25(19-5-3-4-6-23-19)7-8-26(13)18-10-17-14(9-16(18)22)20(27)15(21(28)29)12-24(17)2/h3-6,9-10,12-13H,7-8,11,22H2,1-2H3,(H,28,29). The number of rotatable bonds is 3. The third kappa shape index (κ3) is 3.26. The number of carboxylic acid groups (broad SMARTS) is 1. The smallest absolute Gasteiger partial charge is 0.341 e. The molecule has 1 aliphatic rings. The molecule has 1 atom stereocenters. The van der Waals surface area contributed by atoms with Gasteiger partial charge in [-0.3, -0.25) is 4.79 Å². The lowest BCUT2D eigenvalue weighted by Gasteiger charge is -2.42. The molecule has 1 aromatic carbocycles. The van der Waals surface area contributed by atoms with E-state index in [1.54, 1.807) is 23.9 Å². The maximum Gasteiger partial charge on any atom is 0.341 e. The Morgan fingerprint density at radius 3 is 2.72 bits per heavy atom. The summed E-state index contributed by atoms with van der Waals surface area (Å²) in [6.07, 6.45) is 3.15. The van der Waals surface area contributed by atoms with E-state index in [0.29, 0.717) is 16.6 Å². The van der Waals surface area contributed by atoms with Gasteiger partial charge in [-0.2, -0.15) is 0 Å². The lowest BCUT2D eigenvalue weighted by atomic mass is 10.1. The zero-order valence-corrected chi connectivity index (χ0v) is 16.4. The van der Waals surface area contributed by atoms with Gasteiger partial charge in [0.2, 0.25) is 5.43 Å². The Hall–Kier alpha value is -3.55. The number of hydrogen-bond donors (Lipinski definition) is 2. The van der Waals surface area contributed by atoms with Crippen LogP contribution in [0.4, 0.5) is 17.2 Å². The molecule has 1 aliphatic heterocycles. The number of anilines is 3. The van der Waals surface area contributed by atoms with Gasteiger partial charge in [-0.25, -0.2) is 9.78 Å². The number of piperazine rings is 1. The fourth-order valence-corrected chi connectivity index (χ4v) is 4.00. The molecule has 3 N–H and O–H groups in total. The summed E-state index contributed by atoms with van der Waals surface area (Å²) in [6.45, 7) is 4.49. The van der Waals surface area contributed by atoms with Crippen LogP contribution in [0.5, 0.6) is 0 Å². The highest BCUT2D eigenvalue weighted by atomic mass is 16.4. The van der Waals surface area contributed by atoms with Crippen LogP contribution in [0.3, 0.4) is 0 Å². The van der Waals surface area contributed by atoms with Gasteiger partial charge in [0.05, 0.1) is 16.9 Å². The summed E-state index contributed by atoms with van der Waals surface area (Å²) in [4.78, 5) is 32.8. The second-order valence-corrected chi connectivity index (χ2v) is 7.39. The van der Waals surface area contributed by atoms with E-state index in [0.717, 1.165) is 31.1 Å². The second-order valence-electron chi connectivity index (χ2n) is 7.39. The number of pyridine rings is 2. The monoisotopic (exact) mass is 393 g/mol. The van der Waals surface area contributed by atoms with Crippen molar-refractivity contribution in [2.75, 3.05) is 35.2 Å². The maximum absolute atomic E-state index is 12.5. The molecule has 0 spiro atoms. The third-order valence-electron chi connectivity index (χ3n) is 5.48. The van der Waals surface area contributed by atoms with E-state index >= 15 is 0 Å². The van der Waals surface area contributed by atoms with Crippen LogP contribution in [0, 0.1) is 0 Å². The second kappa shape index (κ2) is 7.12. The van der Waals surface area contributed by atoms with E-state index in [4.69, 9.17) is 5.73 Å². The predicted octanol–water partition coefficient (Wildman–Crippen LogP) is 1.93. The summed E-state index contributed by atoms with van der Waals surface area (Å²) >= 11 is 0. The number of hydrogen-bond acceptors (Lipinski definition) is 6. The Kier molecular flexibility index (Phi) is 4.62. The first kappa shape index (κ1) is 18.8. The molecule has 1 fully saturated rings. The van der Waals surface area contributed by atoms with Gasteiger partial charge >= 0.3 is 5.97 Å². The van der Waals surface area contributed by atoms with Crippen LogP contribution < -0.4 is 21.0 Å². The molecule has 0 aliphatic carbocycles. The fourth-order valence-electron chi connectivity index (χ4n) is 4.00. The normalized spacial score (nSPS) is 17.0. The fraction of sp³-hybridized carbons (Fsp3) is 0.286. The molecule has 4 rings (SSSR count). The van der Waals surface area contributed by atoms with Crippen LogP contribution in [0.25, 0.3) is 10.9 Å². The van der Waals surface area contributed by atoms with Crippen molar-refractivity contribution in [1.29, 1.82) is 0 Å². The van der Waals surface area contributed by atoms with Crippen LogP contribution in [0.2, 0.25) is 0 Å². The number of aromatic nitrogens is 2. The summed E-state index contributed by atoms with van der Waals surface area (Å²) in [5, 5.41) is 9.58. The molecule has 29 heavy (non-hydrogen) atoms. The van der Waals surface area contributed by atoms with E-state index in [1.165, 1.54) is 6.20 Å². The molecule has 3 aromatic rings. The zero-order chi connectivity index (χ0) is 20.7. The van der Waals surface area contributed by atoms with Crippen molar-refractivity contribution >= 4 is 34.1 Å². The van der Waals surface area contributed by atoms with Crippen LogP contribution in [-0.2, 0) is 7.05 Å². The quantitative estimate of drug-likeness (QED) is 0.655. The number of nitrogens with zero attached hydrogens (tertiary/aromatic N) is 4. The molecule has 0 radical (unpaired) electrons. The number of carboxylic acids is 1. The van der Waals surface area contributed by atoms with Gasteiger partial charge in [0.15, 0.2) is 0 Å². The largest absolute Gasteiger partial charge is 0.477 e. The van der Waals surface area contributed by atoms with Gasteiger partial charge in [0, 0.05) is 50.5 Å². The number of aryl methyl sites for hydroxylation is 1. The van der Waals surface area contributed by atoms with Crippen molar-refractivity contribution in [1.82, 2.24) is 9.55 Å². The molecule has 8 nitrogen and oxygen atoms in total. The minimum atomic E-state index is -1.24. The highest BCUT2D eigenvalue weighted by Gasteiger charge is 2.26. The number of fused-ring (bicyclic) bond motifs is 1. The van der Waals surface area contributed by atoms with Crippen molar-refractivity contribution in [3.8, 4) is 0 Å². The minimum absolute atomic E-state index is 0.181. The van der Waals surface area contributed by atoms with Gasteiger partial charge in [-0.1, -0.05) is 6.07 Å². The molecule has 1 unspecified atom stereocenters. The first-order valence-corrected chi connectivity index (χ1v) is 9.45. The van der Waals surface area contributed by atoms with E-state index in [2.05, 4.69) is 21.7 Å². The van der Waals surface area contributed by atoms with Gasteiger partial charge in [-0.15, -0.1) is 0 Å². The average Bonchev–Trinajstić information content (AvgIpc) is 2.71. The SMILES string of the molecule is CC1CN(c2ccccn2)CCN1c1cc2c(cc1N)c(=O)c(C(=O)O)cn2C. The van der Waals surface area contributed by atoms with Gasteiger partial charge in [-0.05, 0) is 31.2 Å². The number of carbonyl (C=O) groups is 1. The molecule has 1 saturated heterocycles. The van der Waals surface area contributed by atoms with Gasteiger partial charge < -0.3 is 25.2 Å². The molecular weight excluding hydrogens is 370 g/mol. The van der Waals surface area contributed by atoms with E-state index in [-0.39, 0.29) is 11.6 Å². The lowest BCUT2D eigenvalue weighted by molar-refractivity contribution is 0.0695. The van der Waals surface area contributed by atoms with Crippen LogP contribution in [0.1, 0.15) is 17.3 Å². The molecule has 0 saturated carbocycles. The van der Waals surface area contributed by atoms with Crippen molar-refractivity contribution < 1.29 is 9.90 Å². The van der Waals surface area contributed by atoms with E-state index in [1.807, 2.05) is 24.3 Å². The maximum atomic E-state index is 12.5. The summed E-state index contributed by atoms with van der Waals surface area (Å²) in [5.41, 5.74) is 7.51. The Morgan fingerprint density at radius 1 is 1.28 bits per heavy atom. The highest BCUT2D eigenvalue weighted by molar-refractivity contribution is 5.95. The third-order valence-corrected chi connectivity index (χ3v) is 5.48. The Morgan fingerprint density at radius 2 is 2.07 bits per heavy atom. The van der Waals surface area contributed by atoms with Crippen LogP contribution in [0.15, 0.2) is 47.5 Å². The Labute approximate surface area is 167 Å². The summed E-state index contributed by atoms with van der Waals surface area (Å²) in [5.74, 6) is -0.288. The molecule has 0 amide bonds. The topological polar surface area (TPSA) is 105 Å². The van der Waals surface area contributed by atoms with Gasteiger partial charge in [0.25, 0.3) is 0 Å². The van der Waals surface area contributed by atoms with Crippen molar-refractivity contribution in [2.45, 2.75) is 13.0 Å². The molecular formula is C21H23N5O3. The number of benzene rings is 1. The van der Waals surface area contributed by atoms with Crippen molar-refractivity contribution in [3.05, 3.63) is 58.5 Å². The molecule has 3 heterocycles. The summed E-state index contributed by atoms with van der Waals surface area (Å²) < 4.78 is 1.66. The summed E-state index contributed by atoms with van der Waals surface area (Å²) in [6, 6.07) is 9.54. The Bertz CT molecular complexity index is 1140. The van der Waals surface area contributed by atoms with Crippen molar-refractivity contribution in [3.63, 3.8) is 0 Å². The average molecular weight is 393 g/mol. The van der Waals surface area contributed by atoms with E-state index in [9.17, 15) is 14.7 Å². The molecule has 0 bridgehead atoms. The predicted molar refractivity (Wildman–Crippen MR) is 114 cm³/mol. The molecule has 8 heteroatoms. The first-order valence-electron chi connectivity index (χ1n) is 9.45. The minimum Gasteiger partial charge on any atom is -0.477 e. The number of nitrogen functional groups attached to an aromatic ring is 1. The Balaban J connectivity index is 1.70. The van der Waals surface area contributed by atoms with E-state index < -0.39 is 11.4 Å². The number of nitrogens with two attached hydrogens (primary N) is 1. The molecule has 150 valence electrons.